The first-order valence-corrected chi connectivity index (χ1v) is 10.0. The molecule has 0 atom stereocenters. The summed E-state index contributed by atoms with van der Waals surface area (Å²) in [6, 6.07) is 16.2. The highest BCUT2D eigenvalue weighted by molar-refractivity contribution is 6.31. The van der Waals surface area contributed by atoms with Crippen molar-refractivity contribution in [3.63, 3.8) is 0 Å². The number of aryl methyl sites for hydroxylation is 1. The van der Waals surface area contributed by atoms with Crippen molar-refractivity contribution in [1.29, 1.82) is 0 Å². The first kappa shape index (κ1) is 21.3. The summed E-state index contributed by atoms with van der Waals surface area (Å²) in [6.07, 6.45) is 0. The van der Waals surface area contributed by atoms with Crippen LogP contribution in [0.1, 0.15) is 23.6 Å². The van der Waals surface area contributed by atoms with Crippen molar-refractivity contribution in [2.45, 2.75) is 27.0 Å². The molecule has 0 radical (unpaired) electrons. The van der Waals surface area contributed by atoms with Crippen molar-refractivity contribution in [2.24, 2.45) is 0 Å². The predicted octanol–water partition coefficient (Wildman–Crippen LogP) is 7.03. The van der Waals surface area contributed by atoms with Gasteiger partial charge in [0.25, 0.3) is 0 Å². The molecule has 0 aliphatic heterocycles. The van der Waals surface area contributed by atoms with Crippen LogP contribution in [0.4, 0.5) is 10.1 Å². The number of halogens is 3. The Morgan fingerprint density at radius 2 is 1.66 bits per heavy atom. The number of ether oxygens (including phenoxy) is 2. The molecule has 0 saturated carbocycles. The van der Waals surface area contributed by atoms with Crippen molar-refractivity contribution in [1.82, 2.24) is 0 Å². The summed E-state index contributed by atoms with van der Waals surface area (Å²) >= 11 is 12.3. The van der Waals surface area contributed by atoms with E-state index in [1.54, 1.807) is 12.1 Å². The van der Waals surface area contributed by atoms with Gasteiger partial charge in [0.15, 0.2) is 11.5 Å². The monoisotopic (exact) mass is 433 g/mol. The standard InChI is InChI=1S/C23H22Cl2FNO2/c1-3-28-22-10-17(13-27-18-8-9-21(26)20(25)11-18)19(24)12-23(22)29-14-16-7-5-4-6-15(16)2/h4-12,27H,3,13-14H2,1-2H3. The van der Waals surface area contributed by atoms with Crippen molar-refractivity contribution in [3.8, 4) is 11.5 Å². The topological polar surface area (TPSA) is 30.5 Å². The Labute approximate surface area is 180 Å². The lowest BCUT2D eigenvalue weighted by Crippen LogP contribution is -2.04. The van der Waals surface area contributed by atoms with E-state index in [1.165, 1.54) is 12.1 Å². The normalized spacial score (nSPS) is 10.7. The number of hydrogen-bond donors (Lipinski definition) is 1. The van der Waals surface area contributed by atoms with Crippen LogP contribution in [0.2, 0.25) is 10.0 Å². The van der Waals surface area contributed by atoms with Crippen molar-refractivity contribution < 1.29 is 13.9 Å². The Kier molecular flexibility index (Phi) is 7.24. The zero-order chi connectivity index (χ0) is 20.8. The Morgan fingerprint density at radius 1 is 0.897 bits per heavy atom. The van der Waals surface area contributed by atoms with E-state index in [9.17, 15) is 4.39 Å². The third-order valence-electron chi connectivity index (χ3n) is 4.46. The van der Waals surface area contributed by atoms with Crippen LogP contribution in [0.25, 0.3) is 0 Å². The van der Waals surface area contributed by atoms with Gasteiger partial charge in [-0.3, -0.25) is 0 Å². The van der Waals surface area contributed by atoms with Crippen LogP contribution in [0.5, 0.6) is 11.5 Å². The van der Waals surface area contributed by atoms with Crippen LogP contribution in [-0.4, -0.2) is 6.61 Å². The number of nitrogens with one attached hydrogen (secondary N) is 1. The van der Waals surface area contributed by atoms with Crippen LogP contribution in [0, 0.1) is 12.7 Å². The zero-order valence-electron chi connectivity index (χ0n) is 16.3. The highest BCUT2D eigenvalue weighted by Gasteiger charge is 2.12. The number of benzene rings is 3. The van der Waals surface area contributed by atoms with Gasteiger partial charge in [-0.2, -0.15) is 0 Å². The number of anilines is 1. The molecular formula is C23H22Cl2FNO2. The Balaban J connectivity index is 1.76. The molecule has 3 aromatic carbocycles. The van der Waals surface area contributed by atoms with Gasteiger partial charge in [0.1, 0.15) is 12.4 Å². The van der Waals surface area contributed by atoms with E-state index in [4.69, 9.17) is 32.7 Å². The largest absolute Gasteiger partial charge is 0.490 e. The van der Waals surface area contributed by atoms with Gasteiger partial charge in [-0.05, 0) is 54.8 Å². The Morgan fingerprint density at radius 3 is 2.38 bits per heavy atom. The number of rotatable bonds is 8. The van der Waals surface area contributed by atoms with Crippen LogP contribution in [0.15, 0.2) is 54.6 Å². The van der Waals surface area contributed by atoms with Gasteiger partial charge >= 0.3 is 0 Å². The Hall–Kier alpha value is -2.43. The lowest BCUT2D eigenvalue weighted by Gasteiger charge is -2.16. The molecule has 152 valence electrons. The smallest absolute Gasteiger partial charge is 0.163 e. The molecule has 0 heterocycles. The molecule has 1 N–H and O–H groups in total. The molecule has 0 aliphatic carbocycles. The fourth-order valence-electron chi connectivity index (χ4n) is 2.82. The highest BCUT2D eigenvalue weighted by Crippen LogP contribution is 2.35. The molecule has 0 spiro atoms. The third-order valence-corrected chi connectivity index (χ3v) is 5.10. The van der Waals surface area contributed by atoms with Gasteiger partial charge in [-0.15, -0.1) is 0 Å². The summed E-state index contributed by atoms with van der Waals surface area (Å²) in [6.45, 7) is 5.32. The summed E-state index contributed by atoms with van der Waals surface area (Å²) in [5.41, 5.74) is 3.80. The second-order valence-electron chi connectivity index (χ2n) is 6.52. The summed E-state index contributed by atoms with van der Waals surface area (Å²) in [5, 5.41) is 3.81. The Bertz CT molecular complexity index is 995. The highest BCUT2D eigenvalue weighted by atomic mass is 35.5. The summed E-state index contributed by atoms with van der Waals surface area (Å²) in [7, 11) is 0. The van der Waals surface area contributed by atoms with Gasteiger partial charge in [0.05, 0.1) is 11.6 Å². The van der Waals surface area contributed by atoms with Gasteiger partial charge in [0.2, 0.25) is 0 Å². The van der Waals surface area contributed by atoms with Crippen molar-refractivity contribution in [3.05, 3.63) is 87.2 Å². The maximum Gasteiger partial charge on any atom is 0.163 e. The zero-order valence-corrected chi connectivity index (χ0v) is 17.8. The van der Waals surface area contributed by atoms with Gasteiger partial charge in [0, 0.05) is 23.3 Å². The van der Waals surface area contributed by atoms with E-state index < -0.39 is 5.82 Å². The second kappa shape index (κ2) is 9.86. The number of hydrogen-bond acceptors (Lipinski definition) is 3. The van der Waals surface area contributed by atoms with Crippen molar-refractivity contribution in [2.75, 3.05) is 11.9 Å². The van der Waals surface area contributed by atoms with E-state index in [1.807, 2.05) is 44.2 Å². The van der Waals surface area contributed by atoms with E-state index in [-0.39, 0.29) is 5.02 Å². The molecule has 0 bridgehead atoms. The molecule has 0 saturated heterocycles. The fourth-order valence-corrected chi connectivity index (χ4v) is 3.23. The summed E-state index contributed by atoms with van der Waals surface area (Å²) in [4.78, 5) is 0. The first-order valence-electron chi connectivity index (χ1n) is 9.29. The summed E-state index contributed by atoms with van der Waals surface area (Å²) < 4.78 is 25.1. The maximum atomic E-state index is 13.3. The maximum absolute atomic E-state index is 13.3. The molecular weight excluding hydrogens is 412 g/mol. The van der Waals surface area contributed by atoms with Crippen LogP contribution >= 0.6 is 23.2 Å². The average Bonchev–Trinajstić information content (AvgIpc) is 2.70. The minimum atomic E-state index is -0.455. The molecule has 6 heteroatoms. The molecule has 0 amide bonds. The lowest BCUT2D eigenvalue weighted by atomic mass is 10.1. The minimum Gasteiger partial charge on any atom is -0.490 e. The van der Waals surface area contributed by atoms with E-state index in [0.29, 0.717) is 42.0 Å². The first-order chi connectivity index (χ1) is 14.0. The molecule has 0 unspecified atom stereocenters. The van der Waals surface area contributed by atoms with Crippen LogP contribution < -0.4 is 14.8 Å². The fraction of sp³-hybridized carbons (Fsp3) is 0.217. The SMILES string of the molecule is CCOc1cc(CNc2ccc(F)c(Cl)c2)c(Cl)cc1OCc1ccccc1C. The molecule has 3 nitrogen and oxygen atoms in total. The predicted molar refractivity (Wildman–Crippen MR) is 117 cm³/mol. The van der Waals surface area contributed by atoms with E-state index in [2.05, 4.69) is 5.32 Å². The van der Waals surface area contributed by atoms with Crippen LogP contribution in [-0.2, 0) is 13.2 Å². The average molecular weight is 434 g/mol. The second-order valence-corrected chi connectivity index (χ2v) is 7.34. The molecule has 0 aliphatic rings. The third kappa shape index (κ3) is 5.55. The van der Waals surface area contributed by atoms with E-state index >= 15 is 0 Å². The van der Waals surface area contributed by atoms with Crippen LogP contribution in [0.3, 0.4) is 0 Å². The molecule has 0 fully saturated rings. The molecule has 3 aromatic rings. The quantitative estimate of drug-likeness (QED) is 0.413. The van der Waals surface area contributed by atoms with E-state index in [0.717, 1.165) is 16.7 Å². The van der Waals surface area contributed by atoms with Gasteiger partial charge < -0.3 is 14.8 Å². The molecule has 29 heavy (non-hydrogen) atoms. The van der Waals surface area contributed by atoms with Crippen molar-refractivity contribution >= 4 is 28.9 Å². The minimum absolute atomic E-state index is 0.0658. The van der Waals surface area contributed by atoms with Gasteiger partial charge in [-0.25, -0.2) is 4.39 Å². The summed E-state index contributed by atoms with van der Waals surface area (Å²) in [5.74, 6) is 0.761. The molecule has 3 rings (SSSR count). The lowest BCUT2D eigenvalue weighted by molar-refractivity contribution is 0.268. The van der Waals surface area contributed by atoms with Gasteiger partial charge in [-0.1, -0.05) is 47.5 Å². The molecule has 0 aromatic heterocycles.